The summed E-state index contributed by atoms with van der Waals surface area (Å²) in [6.45, 7) is 0. The molecule has 0 N–H and O–H groups in total. The maximum Gasteiger partial charge on any atom is 0.309 e. The highest BCUT2D eigenvalue weighted by Crippen LogP contribution is 2.24. The maximum atomic E-state index is 12.9. The van der Waals surface area contributed by atoms with Crippen molar-refractivity contribution < 1.29 is 23.8 Å². The summed E-state index contributed by atoms with van der Waals surface area (Å²) < 4.78 is 14.9. The standard InChI is InChI=1S/C20H20O5/c1-23-16-8-4-14(5-9-16)18(12-13-19(21)25-3)20(22)15-6-10-17(24-2)11-7-15/h4-12H,13H2,1-3H3. The normalized spacial score (nSPS) is 10.9. The van der Waals surface area contributed by atoms with Crippen LogP contribution in [-0.4, -0.2) is 33.1 Å². The Morgan fingerprint density at radius 3 is 1.72 bits per heavy atom. The van der Waals surface area contributed by atoms with Gasteiger partial charge in [0, 0.05) is 11.1 Å². The van der Waals surface area contributed by atoms with Gasteiger partial charge < -0.3 is 14.2 Å². The van der Waals surface area contributed by atoms with Gasteiger partial charge in [0.05, 0.1) is 27.8 Å². The zero-order chi connectivity index (χ0) is 18.2. The van der Waals surface area contributed by atoms with Gasteiger partial charge in [0.2, 0.25) is 0 Å². The van der Waals surface area contributed by atoms with E-state index in [2.05, 4.69) is 4.74 Å². The summed E-state index contributed by atoms with van der Waals surface area (Å²) in [7, 11) is 4.45. The van der Waals surface area contributed by atoms with E-state index < -0.39 is 5.97 Å². The van der Waals surface area contributed by atoms with Gasteiger partial charge in [-0.1, -0.05) is 18.2 Å². The number of carbonyl (C=O) groups excluding carboxylic acids is 2. The van der Waals surface area contributed by atoms with Gasteiger partial charge in [0.15, 0.2) is 5.78 Å². The van der Waals surface area contributed by atoms with Crippen LogP contribution >= 0.6 is 0 Å². The first kappa shape index (κ1) is 18.3. The third-order valence-electron chi connectivity index (χ3n) is 3.70. The third kappa shape index (κ3) is 4.70. The van der Waals surface area contributed by atoms with Gasteiger partial charge >= 0.3 is 5.97 Å². The Morgan fingerprint density at radius 1 is 0.800 bits per heavy atom. The fourth-order valence-electron chi connectivity index (χ4n) is 2.28. The SMILES string of the molecule is COC(=O)CC=C(C(=O)c1ccc(OC)cc1)c1ccc(OC)cc1. The zero-order valence-electron chi connectivity index (χ0n) is 14.4. The fourth-order valence-corrected chi connectivity index (χ4v) is 2.28. The molecule has 0 aliphatic carbocycles. The van der Waals surface area contributed by atoms with Crippen molar-refractivity contribution in [2.24, 2.45) is 0 Å². The van der Waals surface area contributed by atoms with Gasteiger partial charge in [-0.25, -0.2) is 0 Å². The molecule has 0 aliphatic rings. The molecule has 0 saturated heterocycles. The largest absolute Gasteiger partial charge is 0.497 e. The van der Waals surface area contributed by atoms with Gasteiger partial charge in [-0.2, -0.15) is 0 Å². The molecule has 130 valence electrons. The Morgan fingerprint density at radius 2 is 1.28 bits per heavy atom. The number of rotatable bonds is 7. The number of hydrogen-bond donors (Lipinski definition) is 0. The smallest absolute Gasteiger partial charge is 0.309 e. The Balaban J connectivity index is 2.37. The monoisotopic (exact) mass is 340 g/mol. The lowest BCUT2D eigenvalue weighted by Gasteiger charge is -2.09. The van der Waals surface area contributed by atoms with E-state index in [-0.39, 0.29) is 12.2 Å². The van der Waals surface area contributed by atoms with Crippen molar-refractivity contribution in [3.05, 3.63) is 65.7 Å². The minimum absolute atomic E-state index is 0.0136. The summed E-state index contributed by atoms with van der Waals surface area (Å²) in [6, 6.07) is 13.9. The lowest BCUT2D eigenvalue weighted by atomic mass is 9.95. The Kier molecular flexibility index (Phi) is 6.34. The molecule has 0 fully saturated rings. The molecule has 0 aliphatic heterocycles. The molecule has 0 unspecified atom stereocenters. The first-order chi connectivity index (χ1) is 12.1. The lowest BCUT2D eigenvalue weighted by Crippen LogP contribution is -2.05. The molecule has 0 heterocycles. The number of hydrogen-bond acceptors (Lipinski definition) is 5. The summed E-state index contributed by atoms with van der Waals surface area (Å²) in [5, 5.41) is 0. The second-order valence-corrected chi connectivity index (χ2v) is 5.18. The van der Waals surface area contributed by atoms with Gasteiger partial charge in [0.25, 0.3) is 0 Å². The van der Waals surface area contributed by atoms with E-state index >= 15 is 0 Å². The molecule has 2 rings (SSSR count). The van der Waals surface area contributed by atoms with E-state index in [1.807, 2.05) is 0 Å². The topological polar surface area (TPSA) is 61.8 Å². The van der Waals surface area contributed by atoms with Crippen molar-refractivity contribution in [2.75, 3.05) is 21.3 Å². The van der Waals surface area contributed by atoms with Crippen LogP contribution in [0.1, 0.15) is 22.3 Å². The number of esters is 1. The van der Waals surface area contributed by atoms with Crippen LogP contribution in [0.2, 0.25) is 0 Å². The fraction of sp³-hybridized carbons (Fsp3) is 0.200. The highest BCUT2D eigenvalue weighted by Gasteiger charge is 2.15. The highest BCUT2D eigenvalue weighted by molar-refractivity contribution is 6.29. The zero-order valence-corrected chi connectivity index (χ0v) is 14.4. The predicted molar refractivity (Wildman–Crippen MR) is 94.9 cm³/mol. The van der Waals surface area contributed by atoms with Crippen LogP contribution in [0.15, 0.2) is 54.6 Å². The molecule has 0 saturated carbocycles. The van der Waals surface area contributed by atoms with Crippen LogP contribution in [-0.2, 0) is 9.53 Å². The van der Waals surface area contributed by atoms with Gasteiger partial charge in [-0.3, -0.25) is 9.59 Å². The Hall–Kier alpha value is -3.08. The summed E-state index contributed by atoms with van der Waals surface area (Å²) in [5.74, 6) is 0.763. The number of ketones is 1. The van der Waals surface area contributed by atoms with Gasteiger partial charge in [0.1, 0.15) is 11.5 Å². The molecule has 25 heavy (non-hydrogen) atoms. The first-order valence-corrected chi connectivity index (χ1v) is 7.69. The van der Waals surface area contributed by atoms with E-state index in [4.69, 9.17) is 9.47 Å². The van der Waals surface area contributed by atoms with Crippen molar-refractivity contribution in [1.29, 1.82) is 0 Å². The molecule has 0 spiro atoms. The number of benzene rings is 2. The van der Waals surface area contributed by atoms with Crippen LogP contribution in [0.5, 0.6) is 11.5 Å². The molecular weight excluding hydrogens is 320 g/mol. The average Bonchev–Trinajstić information content (AvgIpc) is 2.68. The highest BCUT2D eigenvalue weighted by atomic mass is 16.5. The summed E-state index contributed by atoms with van der Waals surface area (Å²) in [6.07, 6.45) is 1.60. The van der Waals surface area contributed by atoms with Crippen molar-refractivity contribution in [2.45, 2.75) is 6.42 Å². The van der Waals surface area contributed by atoms with E-state index in [1.165, 1.54) is 7.11 Å². The first-order valence-electron chi connectivity index (χ1n) is 7.69. The number of carbonyl (C=O) groups is 2. The Bertz CT molecular complexity index is 758. The van der Waals surface area contributed by atoms with Crippen molar-refractivity contribution in [3.63, 3.8) is 0 Å². The number of ether oxygens (including phenoxy) is 3. The molecule has 5 heteroatoms. The number of allylic oxidation sites excluding steroid dienone is 1. The summed E-state index contributed by atoms with van der Waals surface area (Å²) in [5.41, 5.74) is 1.64. The average molecular weight is 340 g/mol. The summed E-state index contributed by atoms with van der Waals surface area (Å²) in [4.78, 5) is 24.4. The Labute approximate surface area is 146 Å². The van der Waals surface area contributed by atoms with Crippen LogP contribution in [0.4, 0.5) is 0 Å². The second-order valence-electron chi connectivity index (χ2n) is 5.18. The van der Waals surface area contributed by atoms with E-state index in [0.717, 1.165) is 0 Å². The second kappa shape index (κ2) is 8.68. The number of Topliss-reactive ketones (excluding diaryl/α,β-unsaturated/α-hetero) is 1. The van der Waals surface area contributed by atoms with Gasteiger partial charge in [-0.05, 0) is 42.0 Å². The van der Waals surface area contributed by atoms with Crippen molar-refractivity contribution in [3.8, 4) is 11.5 Å². The van der Waals surface area contributed by atoms with E-state index in [1.54, 1.807) is 68.8 Å². The van der Waals surface area contributed by atoms with Crippen LogP contribution in [0.25, 0.3) is 5.57 Å². The summed E-state index contributed by atoms with van der Waals surface area (Å²) >= 11 is 0. The van der Waals surface area contributed by atoms with Gasteiger partial charge in [-0.15, -0.1) is 0 Å². The lowest BCUT2D eigenvalue weighted by molar-refractivity contribution is -0.139. The van der Waals surface area contributed by atoms with Crippen molar-refractivity contribution >= 4 is 17.3 Å². The third-order valence-corrected chi connectivity index (χ3v) is 3.70. The molecule has 2 aromatic rings. The quantitative estimate of drug-likeness (QED) is 0.438. The van der Waals surface area contributed by atoms with Crippen LogP contribution < -0.4 is 9.47 Å². The molecule has 0 aromatic heterocycles. The molecule has 0 bridgehead atoms. The van der Waals surface area contributed by atoms with E-state index in [0.29, 0.717) is 28.2 Å². The van der Waals surface area contributed by atoms with E-state index in [9.17, 15) is 9.59 Å². The predicted octanol–water partition coefficient (Wildman–Crippen LogP) is 3.53. The molecule has 2 aromatic carbocycles. The maximum absolute atomic E-state index is 12.9. The van der Waals surface area contributed by atoms with Crippen LogP contribution in [0.3, 0.4) is 0 Å². The minimum atomic E-state index is -0.409. The molecule has 5 nitrogen and oxygen atoms in total. The molecule has 0 atom stereocenters. The minimum Gasteiger partial charge on any atom is -0.497 e. The van der Waals surface area contributed by atoms with Crippen LogP contribution in [0, 0.1) is 0 Å². The molecular formula is C20H20O5. The molecule has 0 amide bonds. The number of methoxy groups -OCH3 is 3. The molecule has 0 radical (unpaired) electrons. The van der Waals surface area contributed by atoms with Crippen molar-refractivity contribution in [1.82, 2.24) is 0 Å².